The van der Waals surface area contributed by atoms with Crippen molar-refractivity contribution in [1.29, 1.82) is 0 Å². The van der Waals surface area contributed by atoms with Crippen LogP contribution in [0.25, 0.3) is 0 Å². The topological polar surface area (TPSA) is 78.9 Å². The number of carbonyl (C=O) groups is 2. The second-order valence-corrected chi connectivity index (χ2v) is 5.76. The van der Waals surface area contributed by atoms with Gasteiger partial charge in [-0.05, 0) is 13.2 Å². The summed E-state index contributed by atoms with van der Waals surface area (Å²) >= 11 is 1.65. The van der Waals surface area contributed by atoms with Crippen molar-refractivity contribution in [2.24, 2.45) is 0 Å². The average molecular weight is 290 g/mol. The van der Waals surface area contributed by atoms with Crippen molar-refractivity contribution in [3.8, 4) is 0 Å². The molecule has 0 aromatic rings. The van der Waals surface area contributed by atoms with Gasteiger partial charge in [0.15, 0.2) is 0 Å². The minimum absolute atomic E-state index is 0.0562. The number of nitrogens with zero attached hydrogens (tertiary/aromatic N) is 1. The summed E-state index contributed by atoms with van der Waals surface area (Å²) in [5.74, 6) is -0.178. The van der Waals surface area contributed by atoms with E-state index in [9.17, 15) is 14.7 Å². The molecule has 2 N–H and O–H groups in total. The second kappa shape index (κ2) is 7.00. The Hall–Kier alpha value is -0.950. The summed E-state index contributed by atoms with van der Waals surface area (Å²) in [5, 5.41) is 12.0. The smallest absolute Gasteiger partial charge is 0.329 e. The van der Waals surface area contributed by atoms with Gasteiger partial charge in [-0.1, -0.05) is 0 Å². The Morgan fingerprint density at radius 3 is 2.53 bits per heavy atom. The number of ether oxygens (including phenoxy) is 1. The molecule has 0 bridgehead atoms. The lowest BCUT2D eigenvalue weighted by molar-refractivity contribution is -0.148. The van der Waals surface area contributed by atoms with Crippen LogP contribution >= 0.6 is 11.8 Å². The Balaban J connectivity index is 2.69. The molecule has 1 saturated heterocycles. The maximum Gasteiger partial charge on any atom is 0.329 e. The third-order valence-corrected chi connectivity index (χ3v) is 4.31. The molecule has 1 heterocycles. The zero-order valence-electron chi connectivity index (χ0n) is 11.6. The van der Waals surface area contributed by atoms with E-state index in [0.717, 1.165) is 5.75 Å². The average Bonchev–Trinajstić information content (AvgIpc) is 2.39. The zero-order chi connectivity index (χ0) is 14.5. The Labute approximate surface area is 117 Å². The predicted octanol–water partition coefficient (Wildman–Crippen LogP) is 1.01. The number of hydrogen-bond acceptors (Lipinski definition) is 4. The van der Waals surface area contributed by atoms with Gasteiger partial charge in [-0.3, -0.25) is 0 Å². The first-order valence-electron chi connectivity index (χ1n) is 6.28. The SMILES string of the molecule is CSCC(C)N(C)C(=O)NC1(C(=O)O)CCOCC1. The fraction of sp³-hybridized carbons (Fsp3) is 0.833. The molecule has 1 fully saturated rings. The Morgan fingerprint density at radius 2 is 2.05 bits per heavy atom. The number of amides is 2. The molecule has 19 heavy (non-hydrogen) atoms. The van der Waals surface area contributed by atoms with Crippen LogP contribution in [-0.4, -0.2) is 65.9 Å². The number of carboxylic acids is 1. The molecule has 0 spiro atoms. The van der Waals surface area contributed by atoms with Crippen LogP contribution in [-0.2, 0) is 9.53 Å². The van der Waals surface area contributed by atoms with Gasteiger partial charge in [0.1, 0.15) is 5.54 Å². The van der Waals surface area contributed by atoms with Crippen LogP contribution in [0.5, 0.6) is 0 Å². The summed E-state index contributed by atoms with van der Waals surface area (Å²) in [4.78, 5) is 25.1. The van der Waals surface area contributed by atoms with Gasteiger partial charge in [0.25, 0.3) is 0 Å². The van der Waals surface area contributed by atoms with Gasteiger partial charge in [0.05, 0.1) is 0 Å². The van der Waals surface area contributed by atoms with Crippen LogP contribution in [0.1, 0.15) is 19.8 Å². The predicted molar refractivity (Wildman–Crippen MR) is 74.6 cm³/mol. The Morgan fingerprint density at radius 1 is 1.47 bits per heavy atom. The largest absolute Gasteiger partial charge is 0.480 e. The van der Waals surface area contributed by atoms with E-state index >= 15 is 0 Å². The van der Waals surface area contributed by atoms with Crippen molar-refractivity contribution in [3.05, 3.63) is 0 Å². The third-order valence-electron chi connectivity index (χ3n) is 3.49. The van der Waals surface area contributed by atoms with Crippen molar-refractivity contribution in [2.45, 2.75) is 31.3 Å². The lowest BCUT2D eigenvalue weighted by Gasteiger charge is -2.36. The maximum atomic E-state index is 12.1. The second-order valence-electron chi connectivity index (χ2n) is 4.85. The molecule has 0 aliphatic carbocycles. The number of urea groups is 1. The van der Waals surface area contributed by atoms with Gasteiger partial charge in [-0.2, -0.15) is 11.8 Å². The standard InChI is InChI=1S/C12H22N2O4S/c1-9(8-19-3)14(2)11(17)13-12(10(15)16)4-6-18-7-5-12/h9H,4-8H2,1-3H3,(H,13,17)(H,15,16). The summed E-state index contributed by atoms with van der Waals surface area (Å²) in [7, 11) is 1.69. The van der Waals surface area contributed by atoms with E-state index in [4.69, 9.17) is 4.74 Å². The molecule has 0 aromatic carbocycles. The van der Waals surface area contributed by atoms with Crippen molar-refractivity contribution in [3.63, 3.8) is 0 Å². The van der Waals surface area contributed by atoms with Crippen LogP contribution in [0.15, 0.2) is 0 Å². The summed E-state index contributed by atoms with van der Waals surface area (Å²) in [5.41, 5.74) is -1.19. The third kappa shape index (κ3) is 4.01. The van der Waals surface area contributed by atoms with E-state index in [-0.39, 0.29) is 12.1 Å². The number of aliphatic carboxylic acids is 1. The van der Waals surface area contributed by atoms with E-state index in [1.165, 1.54) is 0 Å². The molecular formula is C12H22N2O4S. The highest BCUT2D eigenvalue weighted by Crippen LogP contribution is 2.21. The summed E-state index contributed by atoms with van der Waals surface area (Å²) in [6.07, 6.45) is 2.58. The highest BCUT2D eigenvalue weighted by atomic mass is 32.2. The minimum atomic E-state index is -1.19. The van der Waals surface area contributed by atoms with E-state index < -0.39 is 11.5 Å². The molecular weight excluding hydrogens is 268 g/mol. The molecule has 2 amide bonds. The van der Waals surface area contributed by atoms with Gasteiger partial charge in [-0.25, -0.2) is 9.59 Å². The van der Waals surface area contributed by atoms with Gasteiger partial charge in [-0.15, -0.1) is 0 Å². The molecule has 7 heteroatoms. The van der Waals surface area contributed by atoms with Crippen LogP contribution < -0.4 is 5.32 Å². The highest BCUT2D eigenvalue weighted by Gasteiger charge is 2.42. The Bertz CT molecular complexity index is 332. The lowest BCUT2D eigenvalue weighted by atomic mass is 9.90. The zero-order valence-corrected chi connectivity index (χ0v) is 12.5. The summed E-state index contributed by atoms with van der Waals surface area (Å²) in [6, 6.07) is -0.286. The number of thioether (sulfide) groups is 1. The molecule has 0 radical (unpaired) electrons. The first kappa shape index (κ1) is 16.1. The van der Waals surface area contributed by atoms with Gasteiger partial charge < -0.3 is 20.1 Å². The molecule has 1 unspecified atom stereocenters. The van der Waals surface area contributed by atoms with Crippen LogP contribution in [0.3, 0.4) is 0 Å². The molecule has 1 atom stereocenters. The summed E-state index contributed by atoms with van der Waals surface area (Å²) in [6.45, 7) is 2.65. The van der Waals surface area contributed by atoms with Crippen LogP contribution in [0.2, 0.25) is 0 Å². The van der Waals surface area contributed by atoms with E-state index in [0.29, 0.717) is 26.1 Å². The van der Waals surface area contributed by atoms with E-state index in [1.54, 1.807) is 23.7 Å². The minimum Gasteiger partial charge on any atom is -0.480 e. The van der Waals surface area contributed by atoms with Crippen molar-refractivity contribution in [2.75, 3.05) is 32.3 Å². The summed E-state index contributed by atoms with van der Waals surface area (Å²) < 4.78 is 5.17. The molecule has 1 aliphatic rings. The highest BCUT2D eigenvalue weighted by molar-refractivity contribution is 7.98. The van der Waals surface area contributed by atoms with Crippen LogP contribution in [0.4, 0.5) is 4.79 Å². The number of hydrogen-bond donors (Lipinski definition) is 2. The molecule has 1 aliphatic heterocycles. The fourth-order valence-corrected chi connectivity index (χ4v) is 2.66. The van der Waals surface area contributed by atoms with Crippen molar-refractivity contribution < 1.29 is 19.4 Å². The van der Waals surface area contributed by atoms with Crippen LogP contribution in [0, 0.1) is 0 Å². The number of nitrogens with one attached hydrogen (secondary N) is 1. The van der Waals surface area contributed by atoms with Crippen molar-refractivity contribution in [1.82, 2.24) is 10.2 Å². The molecule has 110 valence electrons. The molecule has 0 saturated carbocycles. The van der Waals surface area contributed by atoms with Gasteiger partial charge >= 0.3 is 12.0 Å². The quantitative estimate of drug-likeness (QED) is 0.790. The number of carboxylic acid groups (broad SMARTS) is 1. The number of carbonyl (C=O) groups excluding carboxylic acids is 1. The fourth-order valence-electron chi connectivity index (χ4n) is 1.96. The molecule has 0 aromatic heterocycles. The van der Waals surface area contributed by atoms with E-state index in [1.807, 2.05) is 13.2 Å². The first-order valence-corrected chi connectivity index (χ1v) is 7.67. The van der Waals surface area contributed by atoms with E-state index in [2.05, 4.69) is 5.32 Å². The molecule has 1 rings (SSSR count). The Kier molecular flexibility index (Phi) is 5.93. The lowest BCUT2D eigenvalue weighted by Crippen LogP contribution is -2.60. The normalized spacial score (nSPS) is 19.5. The number of rotatable bonds is 5. The van der Waals surface area contributed by atoms with Crippen molar-refractivity contribution >= 4 is 23.8 Å². The molecule has 6 nitrogen and oxygen atoms in total. The van der Waals surface area contributed by atoms with Gasteiger partial charge in [0, 0.05) is 44.9 Å². The van der Waals surface area contributed by atoms with Gasteiger partial charge in [0.2, 0.25) is 0 Å². The maximum absolute atomic E-state index is 12.1. The first-order chi connectivity index (χ1) is 8.93. The monoisotopic (exact) mass is 290 g/mol.